The van der Waals surface area contributed by atoms with Gasteiger partial charge in [-0.1, -0.05) is 35.9 Å². The predicted molar refractivity (Wildman–Crippen MR) is 55.4 cm³/mol. The first kappa shape index (κ1) is 10.3. The molecule has 0 aromatic rings. The molecule has 0 saturated carbocycles. The first-order valence-electron chi connectivity index (χ1n) is 4.69. The van der Waals surface area contributed by atoms with Gasteiger partial charge < -0.3 is 4.74 Å². The predicted octanol–water partition coefficient (Wildman–Crippen LogP) is 3.49. The second-order valence-corrected chi connectivity index (χ2v) is 4.57. The summed E-state index contributed by atoms with van der Waals surface area (Å²) >= 11 is 3.58. The van der Waals surface area contributed by atoms with Crippen LogP contribution in [0.4, 0.5) is 0 Å². The van der Waals surface area contributed by atoms with Gasteiger partial charge in [-0.15, -0.1) is 0 Å². The van der Waals surface area contributed by atoms with Gasteiger partial charge in [-0.2, -0.15) is 0 Å². The van der Waals surface area contributed by atoms with E-state index >= 15 is 0 Å². The molecule has 0 aromatic carbocycles. The second kappa shape index (κ2) is 5.03. The van der Waals surface area contributed by atoms with Crippen LogP contribution in [-0.4, -0.2) is 12.7 Å². The zero-order chi connectivity index (χ0) is 8.97. The van der Waals surface area contributed by atoms with Crippen molar-refractivity contribution in [3.8, 4) is 0 Å². The maximum Gasteiger partial charge on any atom is 0.0886 e. The summed E-state index contributed by atoms with van der Waals surface area (Å²) in [6.07, 6.45) is 6.25. The quantitative estimate of drug-likeness (QED) is 0.709. The molecule has 0 amide bonds. The zero-order valence-electron chi connectivity index (χ0n) is 7.85. The van der Waals surface area contributed by atoms with Crippen LogP contribution in [0.25, 0.3) is 0 Å². The summed E-state index contributed by atoms with van der Waals surface area (Å²) in [6.45, 7) is 5.29. The van der Waals surface area contributed by atoms with Crippen LogP contribution in [0, 0.1) is 5.92 Å². The van der Waals surface area contributed by atoms with Gasteiger partial charge in [0, 0.05) is 11.1 Å². The maximum absolute atomic E-state index is 5.63. The number of hydrogen-bond donors (Lipinski definition) is 0. The Balaban J connectivity index is 2.44. The Morgan fingerprint density at radius 1 is 1.50 bits per heavy atom. The molecule has 70 valence electrons. The molecule has 0 aliphatic carbocycles. The number of hydrogen-bond acceptors (Lipinski definition) is 1. The molecule has 1 aliphatic rings. The molecule has 1 nitrogen and oxygen atoms in total. The highest BCUT2D eigenvalue weighted by atomic mass is 79.9. The molecule has 0 aromatic heterocycles. The topological polar surface area (TPSA) is 9.23 Å². The lowest BCUT2D eigenvalue weighted by atomic mass is 10.1. The summed E-state index contributed by atoms with van der Waals surface area (Å²) in [5, 5.41) is 0. The van der Waals surface area contributed by atoms with E-state index in [1.807, 2.05) is 0 Å². The maximum atomic E-state index is 5.63. The van der Waals surface area contributed by atoms with Gasteiger partial charge >= 0.3 is 0 Å². The van der Waals surface area contributed by atoms with Gasteiger partial charge in [-0.25, -0.2) is 0 Å². The lowest BCUT2D eigenvalue weighted by Crippen LogP contribution is -2.19. The van der Waals surface area contributed by atoms with Crippen molar-refractivity contribution in [2.75, 3.05) is 6.61 Å². The van der Waals surface area contributed by atoms with Gasteiger partial charge in [0.25, 0.3) is 0 Å². The number of rotatable bonds is 2. The van der Waals surface area contributed by atoms with E-state index in [9.17, 15) is 0 Å². The fraction of sp³-hybridized carbons (Fsp3) is 0.800. The SMILES string of the molecule is CC(C)/C=C(\Br)C1CCCCO1. The largest absolute Gasteiger partial charge is 0.373 e. The molecular formula is C10H17BrO. The summed E-state index contributed by atoms with van der Waals surface area (Å²) in [5.41, 5.74) is 0. The fourth-order valence-electron chi connectivity index (χ4n) is 1.38. The van der Waals surface area contributed by atoms with E-state index in [0.717, 1.165) is 6.61 Å². The van der Waals surface area contributed by atoms with Gasteiger partial charge in [0.2, 0.25) is 0 Å². The van der Waals surface area contributed by atoms with Crippen LogP contribution in [-0.2, 0) is 4.74 Å². The average Bonchev–Trinajstić information content (AvgIpc) is 2.05. The van der Waals surface area contributed by atoms with Crippen LogP contribution in [0.2, 0.25) is 0 Å². The van der Waals surface area contributed by atoms with Crippen LogP contribution >= 0.6 is 15.9 Å². The van der Waals surface area contributed by atoms with E-state index in [1.165, 1.54) is 23.7 Å². The van der Waals surface area contributed by atoms with Crippen molar-refractivity contribution in [1.29, 1.82) is 0 Å². The molecule has 1 unspecified atom stereocenters. The van der Waals surface area contributed by atoms with Crippen molar-refractivity contribution in [2.45, 2.75) is 39.2 Å². The van der Waals surface area contributed by atoms with Crippen molar-refractivity contribution in [3.05, 3.63) is 10.6 Å². The Labute approximate surface area is 83.3 Å². The first-order valence-corrected chi connectivity index (χ1v) is 5.48. The Morgan fingerprint density at radius 2 is 2.25 bits per heavy atom. The number of ether oxygens (including phenoxy) is 1. The van der Waals surface area contributed by atoms with E-state index < -0.39 is 0 Å². The highest BCUT2D eigenvalue weighted by Crippen LogP contribution is 2.24. The summed E-state index contributed by atoms with van der Waals surface area (Å²) in [4.78, 5) is 0. The third kappa shape index (κ3) is 3.28. The Hall–Kier alpha value is 0.180. The highest BCUT2D eigenvalue weighted by molar-refractivity contribution is 9.11. The first-order chi connectivity index (χ1) is 5.70. The summed E-state index contributed by atoms with van der Waals surface area (Å²) in [7, 11) is 0. The van der Waals surface area contributed by atoms with Crippen molar-refractivity contribution in [2.24, 2.45) is 5.92 Å². The molecule has 1 saturated heterocycles. The van der Waals surface area contributed by atoms with Crippen molar-refractivity contribution >= 4 is 15.9 Å². The molecule has 12 heavy (non-hydrogen) atoms. The average molecular weight is 233 g/mol. The normalized spacial score (nSPS) is 26.3. The van der Waals surface area contributed by atoms with Gasteiger partial charge in [-0.3, -0.25) is 0 Å². The minimum Gasteiger partial charge on any atom is -0.373 e. The third-order valence-electron chi connectivity index (χ3n) is 1.98. The van der Waals surface area contributed by atoms with Crippen molar-refractivity contribution in [1.82, 2.24) is 0 Å². The summed E-state index contributed by atoms with van der Waals surface area (Å²) < 4.78 is 6.86. The van der Waals surface area contributed by atoms with Gasteiger partial charge in [0.1, 0.15) is 0 Å². The minimum atomic E-state index is 0.334. The Bertz CT molecular complexity index is 157. The highest BCUT2D eigenvalue weighted by Gasteiger charge is 2.16. The van der Waals surface area contributed by atoms with Crippen LogP contribution in [0.1, 0.15) is 33.1 Å². The molecule has 0 N–H and O–H groups in total. The van der Waals surface area contributed by atoms with E-state index in [2.05, 4.69) is 35.9 Å². The fourth-order valence-corrected chi connectivity index (χ4v) is 2.27. The lowest BCUT2D eigenvalue weighted by molar-refractivity contribution is 0.0445. The standard InChI is InChI=1S/C10H17BrO/c1-8(2)7-9(11)10-5-3-4-6-12-10/h7-8,10H,3-6H2,1-2H3/b9-7-. The van der Waals surface area contributed by atoms with E-state index in [1.54, 1.807) is 0 Å². The molecular weight excluding hydrogens is 216 g/mol. The molecule has 1 fully saturated rings. The third-order valence-corrected chi connectivity index (χ3v) is 2.75. The van der Waals surface area contributed by atoms with Gasteiger partial charge in [0.05, 0.1) is 6.10 Å². The van der Waals surface area contributed by atoms with Crippen molar-refractivity contribution in [3.63, 3.8) is 0 Å². The minimum absolute atomic E-state index is 0.334. The van der Waals surface area contributed by atoms with E-state index in [4.69, 9.17) is 4.74 Å². The molecule has 1 heterocycles. The zero-order valence-corrected chi connectivity index (χ0v) is 9.43. The van der Waals surface area contributed by atoms with Gasteiger partial charge in [0.15, 0.2) is 0 Å². The van der Waals surface area contributed by atoms with Crippen LogP contribution in [0.3, 0.4) is 0 Å². The lowest BCUT2D eigenvalue weighted by Gasteiger charge is -2.22. The molecule has 2 heteroatoms. The summed E-state index contributed by atoms with van der Waals surface area (Å²) in [5.74, 6) is 0.602. The van der Waals surface area contributed by atoms with Crippen molar-refractivity contribution < 1.29 is 4.74 Å². The molecule has 1 aliphatic heterocycles. The Morgan fingerprint density at radius 3 is 2.75 bits per heavy atom. The Kier molecular flexibility index (Phi) is 4.30. The molecule has 0 bridgehead atoms. The molecule has 0 radical (unpaired) electrons. The number of halogens is 1. The molecule has 1 rings (SSSR count). The van der Waals surface area contributed by atoms with Gasteiger partial charge in [-0.05, 0) is 25.2 Å². The van der Waals surface area contributed by atoms with Crippen LogP contribution < -0.4 is 0 Å². The van der Waals surface area contributed by atoms with E-state index in [0.29, 0.717) is 12.0 Å². The van der Waals surface area contributed by atoms with E-state index in [-0.39, 0.29) is 0 Å². The smallest absolute Gasteiger partial charge is 0.0886 e. The van der Waals surface area contributed by atoms with Crippen LogP contribution in [0.15, 0.2) is 10.6 Å². The second-order valence-electron chi connectivity index (χ2n) is 3.65. The van der Waals surface area contributed by atoms with Crippen LogP contribution in [0.5, 0.6) is 0 Å². The molecule has 1 atom stereocenters. The monoisotopic (exact) mass is 232 g/mol. The molecule has 0 spiro atoms. The number of allylic oxidation sites excluding steroid dienone is 1. The summed E-state index contributed by atoms with van der Waals surface area (Å²) in [6, 6.07) is 0.